The molecule has 1 aliphatic rings. The van der Waals surface area contributed by atoms with Crippen LogP contribution in [0.25, 0.3) is 5.57 Å². The summed E-state index contributed by atoms with van der Waals surface area (Å²) in [5.74, 6) is 0.0514. The quantitative estimate of drug-likeness (QED) is 0.807. The van der Waals surface area contributed by atoms with Gasteiger partial charge in [0.05, 0.1) is 0 Å². The molecule has 0 aromatic heterocycles. The molecule has 84 valence electrons. The third-order valence-corrected chi connectivity index (χ3v) is 2.90. The standard InChI is InChI=1S/C14H17NO/c1-11(16)15-14-9-5-8-13(10-14)12-6-3-2-4-7-12/h2-4,6-7,10,14H,5,8-9H2,1H3,(H,15,16)/t14-/m1/s1. The zero-order valence-corrected chi connectivity index (χ0v) is 9.57. The zero-order valence-electron chi connectivity index (χ0n) is 9.57. The van der Waals surface area contributed by atoms with Crippen molar-refractivity contribution in [3.05, 3.63) is 42.0 Å². The Morgan fingerprint density at radius 3 is 2.75 bits per heavy atom. The summed E-state index contributed by atoms with van der Waals surface area (Å²) in [6, 6.07) is 10.6. The summed E-state index contributed by atoms with van der Waals surface area (Å²) in [7, 11) is 0. The average Bonchev–Trinajstić information content (AvgIpc) is 2.30. The largest absolute Gasteiger partial charge is 0.350 e. The number of hydrogen-bond donors (Lipinski definition) is 1. The predicted molar refractivity (Wildman–Crippen MR) is 65.9 cm³/mol. The maximum absolute atomic E-state index is 11.0. The van der Waals surface area contributed by atoms with Crippen LogP contribution in [-0.4, -0.2) is 11.9 Å². The fourth-order valence-electron chi connectivity index (χ4n) is 2.19. The van der Waals surface area contributed by atoms with Crippen molar-refractivity contribution in [2.24, 2.45) is 0 Å². The third kappa shape index (κ3) is 2.72. The fraction of sp³-hybridized carbons (Fsp3) is 0.357. The predicted octanol–water partition coefficient (Wildman–Crippen LogP) is 2.76. The lowest BCUT2D eigenvalue weighted by molar-refractivity contribution is -0.119. The molecule has 1 atom stereocenters. The molecule has 1 aromatic rings. The molecule has 0 spiro atoms. The lowest BCUT2D eigenvalue weighted by atomic mass is 9.91. The summed E-state index contributed by atoms with van der Waals surface area (Å²) in [4.78, 5) is 11.0. The molecular formula is C14H17NO. The molecule has 0 radical (unpaired) electrons. The Kier molecular flexibility index (Phi) is 3.40. The minimum Gasteiger partial charge on any atom is -0.350 e. The Bertz CT molecular complexity index is 394. The van der Waals surface area contributed by atoms with E-state index in [0.29, 0.717) is 0 Å². The Balaban J connectivity index is 2.15. The summed E-state index contributed by atoms with van der Waals surface area (Å²) < 4.78 is 0. The second-order valence-electron chi connectivity index (χ2n) is 4.26. The van der Waals surface area contributed by atoms with Crippen LogP contribution in [0, 0.1) is 0 Å². The van der Waals surface area contributed by atoms with Gasteiger partial charge in [-0.05, 0) is 30.4 Å². The molecule has 2 heteroatoms. The molecular weight excluding hydrogens is 198 g/mol. The highest BCUT2D eigenvalue weighted by Gasteiger charge is 2.14. The summed E-state index contributed by atoms with van der Waals surface area (Å²) in [6.45, 7) is 1.57. The van der Waals surface area contributed by atoms with Crippen molar-refractivity contribution in [2.45, 2.75) is 32.2 Å². The Morgan fingerprint density at radius 2 is 2.06 bits per heavy atom. The number of benzene rings is 1. The highest BCUT2D eigenvalue weighted by atomic mass is 16.1. The van der Waals surface area contributed by atoms with Crippen molar-refractivity contribution in [3.63, 3.8) is 0 Å². The first-order valence-electron chi connectivity index (χ1n) is 5.79. The molecule has 0 saturated carbocycles. The number of rotatable bonds is 2. The summed E-state index contributed by atoms with van der Waals surface area (Å²) in [6.07, 6.45) is 5.50. The summed E-state index contributed by atoms with van der Waals surface area (Å²) in [5, 5.41) is 2.97. The van der Waals surface area contributed by atoms with Gasteiger partial charge in [-0.15, -0.1) is 0 Å². The molecule has 2 nitrogen and oxygen atoms in total. The van der Waals surface area contributed by atoms with E-state index in [1.165, 1.54) is 11.1 Å². The van der Waals surface area contributed by atoms with Gasteiger partial charge in [-0.1, -0.05) is 36.4 Å². The first kappa shape index (κ1) is 10.9. The minimum absolute atomic E-state index is 0.0514. The lowest BCUT2D eigenvalue weighted by Gasteiger charge is -2.21. The van der Waals surface area contributed by atoms with Crippen molar-refractivity contribution in [1.82, 2.24) is 5.32 Å². The van der Waals surface area contributed by atoms with Gasteiger partial charge in [-0.2, -0.15) is 0 Å². The van der Waals surface area contributed by atoms with Crippen LogP contribution in [0.5, 0.6) is 0 Å². The van der Waals surface area contributed by atoms with Gasteiger partial charge in [0.2, 0.25) is 5.91 Å². The van der Waals surface area contributed by atoms with E-state index in [1.54, 1.807) is 6.92 Å². The van der Waals surface area contributed by atoms with Gasteiger partial charge in [0.25, 0.3) is 0 Å². The van der Waals surface area contributed by atoms with Crippen molar-refractivity contribution in [3.8, 4) is 0 Å². The van der Waals surface area contributed by atoms with Crippen LogP contribution in [0.2, 0.25) is 0 Å². The zero-order chi connectivity index (χ0) is 11.4. The van der Waals surface area contributed by atoms with E-state index in [2.05, 4.69) is 35.7 Å². The number of allylic oxidation sites excluding steroid dienone is 1. The molecule has 0 unspecified atom stereocenters. The van der Waals surface area contributed by atoms with Crippen LogP contribution >= 0.6 is 0 Å². The van der Waals surface area contributed by atoms with Gasteiger partial charge in [0.1, 0.15) is 0 Å². The van der Waals surface area contributed by atoms with Crippen molar-refractivity contribution in [1.29, 1.82) is 0 Å². The molecule has 0 heterocycles. The first-order chi connectivity index (χ1) is 7.75. The van der Waals surface area contributed by atoms with E-state index in [1.807, 2.05) is 6.07 Å². The topological polar surface area (TPSA) is 29.1 Å². The van der Waals surface area contributed by atoms with Gasteiger partial charge in [0.15, 0.2) is 0 Å². The van der Waals surface area contributed by atoms with Crippen LogP contribution in [0.3, 0.4) is 0 Å². The van der Waals surface area contributed by atoms with Crippen LogP contribution in [0.15, 0.2) is 36.4 Å². The maximum Gasteiger partial charge on any atom is 0.217 e. The number of carbonyl (C=O) groups is 1. The molecule has 1 N–H and O–H groups in total. The molecule has 0 bridgehead atoms. The third-order valence-electron chi connectivity index (χ3n) is 2.90. The molecule has 1 aromatic carbocycles. The van der Waals surface area contributed by atoms with E-state index in [-0.39, 0.29) is 11.9 Å². The second-order valence-corrected chi connectivity index (χ2v) is 4.26. The molecule has 0 fully saturated rings. The maximum atomic E-state index is 11.0. The van der Waals surface area contributed by atoms with E-state index in [4.69, 9.17) is 0 Å². The van der Waals surface area contributed by atoms with Gasteiger partial charge in [0, 0.05) is 13.0 Å². The van der Waals surface area contributed by atoms with Gasteiger partial charge >= 0.3 is 0 Å². The van der Waals surface area contributed by atoms with Crippen molar-refractivity contribution in [2.75, 3.05) is 0 Å². The number of amides is 1. The van der Waals surface area contributed by atoms with Crippen LogP contribution in [0.1, 0.15) is 31.7 Å². The number of hydrogen-bond acceptors (Lipinski definition) is 1. The van der Waals surface area contributed by atoms with Gasteiger partial charge < -0.3 is 5.32 Å². The second kappa shape index (κ2) is 4.97. The van der Waals surface area contributed by atoms with Crippen LogP contribution in [-0.2, 0) is 4.79 Å². The Morgan fingerprint density at radius 1 is 1.31 bits per heavy atom. The summed E-state index contributed by atoms with van der Waals surface area (Å²) in [5.41, 5.74) is 2.63. The number of carbonyl (C=O) groups excluding carboxylic acids is 1. The molecule has 2 rings (SSSR count). The monoisotopic (exact) mass is 215 g/mol. The highest BCUT2D eigenvalue weighted by Crippen LogP contribution is 2.26. The molecule has 1 amide bonds. The SMILES string of the molecule is CC(=O)N[C@H]1C=C(c2ccccc2)CCC1. The van der Waals surface area contributed by atoms with Gasteiger partial charge in [-0.25, -0.2) is 0 Å². The van der Waals surface area contributed by atoms with E-state index >= 15 is 0 Å². The van der Waals surface area contributed by atoms with Gasteiger partial charge in [-0.3, -0.25) is 4.79 Å². The van der Waals surface area contributed by atoms with Crippen LogP contribution in [0.4, 0.5) is 0 Å². The average molecular weight is 215 g/mol. The Hall–Kier alpha value is -1.57. The highest BCUT2D eigenvalue weighted by molar-refractivity contribution is 5.74. The van der Waals surface area contributed by atoms with E-state index in [9.17, 15) is 4.79 Å². The molecule has 16 heavy (non-hydrogen) atoms. The normalized spacial score (nSPS) is 20.1. The Labute approximate surface area is 96.4 Å². The number of nitrogens with one attached hydrogen (secondary N) is 1. The molecule has 1 aliphatic carbocycles. The lowest BCUT2D eigenvalue weighted by Crippen LogP contribution is -2.32. The smallest absolute Gasteiger partial charge is 0.217 e. The molecule has 0 aliphatic heterocycles. The van der Waals surface area contributed by atoms with Crippen molar-refractivity contribution < 1.29 is 4.79 Å². The van der Waals surface area contributed by atoms with E-state index < -0.39 is 0 Å². The fourth-order valence-corrected chi connectivity index (χ4v) is 2.19. The first-order valence-corrected chi connectivity index (χ1v) is 5.79. The van der Waals surface area contributed by atoms with E-state index in [0.717, 1.165) is 19.3 Å². The van der Waals surface area contributed by atoms with Crippen LogP contribution < -0.4 is 5.32 Å². The molecule has 0 saturated heterocycles. The van der Waals surface area contributed by atoms with Crippen molar-refractivity contribution >= 4 is 11.5 Å². The minimum atomic E-state index is 0.0514. The summed E-state index contributed by atoms with van der Waals surface area (Å²) >= 11 is 0.